The third-order valence-corrected chi connectivity index (χ3v) is 4.54. The van der Waals surface area contributed by atoms with Crippen molar-refractivity contribution in [2.24, 2.45) is 0 Å². The summed E-state index contributed by atoms with van der Waals surface area (Å²) in [5, 5.41) is 5.37. The van der Waals surface area contributed by atoms with Crippen LogP contribution in [0.5, 0.6) is 0 Å². The number of thiazole rings is 1. The highest BCUT2D eigenvalue weighted by molar-refractivity contribution is 7.13. The van der Waals surface area contributed by atoms with Crippen molar-refractivity contribution in [1.82, 2.24) is 4.98 Å². The van der Waals surface area contributed by atoms with Crippen LogP contribution >= 0.6 is 11.3 Å². The summed E-state index contributed by atoms with van der Waals surface area (Å²) in [4.78, 5) is 16.4. The molecule has 0 fully saturated rings. The van der Waals surface area contributed by atoms with Gasteiger partial charge in [0.1, 0.15) is 17.3 Å². The number of halogens is 1. The summed E-state index contributed by atoms with van der Waals surface area (Å²) in [6, 6.07) is 9.95. The summed E-state index contributed by atoms with van der Waals surface area (Å²) in [6.07, 6.45) is 0.726. The molecule has 1 N–H and O–H groups in total. The van der Waals surface area contributed by atoms with Gasteiger partial charge >= 0.3 is 0 Å². The first-order valence-corrected chi connectivity index (χ1v) is 9.00. The molecule has 2 aromatic heterocycles. The number of aryl methyl sites for hydroxylation is 1. The fraction of sp³-hybridized carbons (Fsp3) is 0.263. The quantitative estimate of drug-likeness (QED) is 0.656. The molecule has 0 aliphatic carbocycles. The predicted molar refractivity (Wildman–Crippen MR) is 97.3 cm³/mol. The molecule has 6 heteroatoms. The van der Waals surface area contributed by atoms with Crippen LogP contribution in [0.25, 0.3) is 11.3 Å². The monoisotopic (exact) mass is 358 g/mol. The molecule has 4 nitrogen and oxygen atoms in total. The van der Waals surface area contributed by atoms with E-state index < -0.39 is 0 Å². The highest BCUT2D eigenvalue weighted by atomic mass is 32.1. The lowest BCUT2D eigenvalue weighted by atomic mass is 10.1. The maximum absolute atomic E-state index is 13.8. The number of benzene rings is 1. The average Bonchev–Trinajstić information content (AvgIpc) is 3.23. The zero-order chi connectivity index (χ0) is 17.8. The van der Waals surface area contributed by atoms with Crippen molar-refractivity contribution in [2.45, 2.75) is 32.6 Å². The molecule has 3 rings (SSSR count). The van der Waals surface area contributed by atoms with Crippen LogP contribution in [0.1, 0.15) is 37.6 Å². The number of aromatic nitrogens is 1. The molecule has 0 bridgehead atoms. The first-order chi connectivity index (χ1) is 12.0. The molecule has 0 aliphatic rings. The van der Waals surface area contributed by atoms with Gasteiger partial charge in [0, 0.05) is 18.2 Å². The largest absolute Gasteiger partial charge is 0.461 e. The van der Waals surface area contributed by atoms with Gasteiger partial charge in [-0.15, -0.1) is 11.3 Å². The number of nitrogens with zero attached hydrogens (tertiary/aromatic N) is 1. The van der Waals surface area contributed by atoms with Crippen LogP contribution in [-0.4, -0.2) is 10.9 Å². The number of hydrogen-bond donors (Lipinski definition) is 1. The van der Waals surface area contributed by atoms with Crippen LogP contribution in [0.4, 0.5) is 9.52 Å². The van der Waals surface area contributed by atoms with Crippen LogP contribution in [0, 0.1) is 5.82 Å². The zero-order valence-electron chi connectivity index (χ0n) is 14.1. The molecule has 0 saturated carbocycles. The average molecular weight is 358 g/mol. The Labute approximate surface area is 149 Å². The van der Waals surface area contributed by atoms with E-state index in [0.717, 1.165) is 5.69 Å². The Morgan fingerprint density at radius 2 is 2.08 bits per heavy atom. The number of amides is 1. The minimum absolute atomic E-state index is 0.117. The van der Waals surface area contributed by atoms with Crippen molar-refractivity contribution in [1.29, 1.82) is 0 Å². The van der Waals surface area contributed by atoms with Crippen molar-refractivity contribution in [3.8, 4) is 11.3 Å². The maximum atomic E-state index is 13.8. The normalized spacial score (nSPS) is 11.0. The molecule has 1 amide bonds. The zero-order valence-corrected chi connectivity index (χ0v) is 14.9. The lowest BCUT2D eigenvalue weighted by molar-refractivity contribution is -0.116. The first-order valence-electron chi connectivity index (χ1n) is 8.12. The Balaban J connectivity index is 1.56. The lowest BCUT2D eigenvalue weighted by Crippen LogP contribution is -2.12. The van der Waals surface area contributed by atoms with Crippen LogP contribution in [0.3, 0.4) is 0 Å². The molecule has 0 aliphatic heterocycles. The topological polar surface area (TPSA) is 55.1 Å². The van der Waals surface area contributed by atoms with Crippen molar-refractivity contribution in [2.75, 3.05) is 5.32 Å². The number of nitrogens with one attached hydrogen (secondary N) is 1. The van der Waals surface area contributed by atoms with Crippen molar-refractivity contribution >= 4 is 22.4 Å². The number of carbonyl (C=O) groups is 1. The van der Waals surface area contributed by atoms with Crippen LogP contribution in [0.15, 0.2) is 46.2 Å². The Morgan fingerprint density at radius 1 is 1.28 bits per heavy atom. The third kappa shape index (κ3) is 4.33. The van der Waals surface area contributed by atoms with Gasteiger partial charge in [-0.05, 0) is 30.2 Å². The first kappa shape index (κ1) is 17.4. The van der Waals surface area contributed by atoms with Gasteiger partial charge in [0.15, 0.2) is 5.13 Å². The van der Waals surface area contributed by atoms with Gasteiger partial charge in [0.25, 0.3) is 0 Å². The number of carbonyl (C=O) groups excluding carboxylic acids is 1. The Morgan fingerprint density at radius 3 is 2.80 bits per heavy atom. The molecule has 0 spiro atoms. The van der Waals surface area contributed by atoms with Gasteiger partial charge in [-0.2, -0.15) is 0 Å². The van der Waals surface area contributed by atoms with E-state index in [-0.39, 0.29) is 18.1 Å². The van der Waals surface area contributed by atoms with E-state index in [9.17, 15) is 9.18 Å². The highest BCUT2D eigenvalue weighted by Crippen LogP contribution is 2.25. The van der Waals surface area contributed by atoms with E-state index in [1.54, 1.807) is 30.3 Å². The van der Waals surface area contributed by atoms with E-state index in [1.165, 1.54) is 17.4 Å². The third-order valence-electron chi connectivity index (χ3n) is 3.76. The lowest BCUT2D eigenvalue weighted by Gasteiger charge is -2.01. The molecule has 130 valence electrons. The summed E-state index contributed by atoms with van der Waals surface area (Å²) >= 11 is 1.42. The molecule has 2 heterocycles. The fourth-order valence-corrected chi connectivity index (χ4v) is 3.23. The van der Waals surface area contributed by atoms with Crippen molar-refractivity contribution in [3.63, 3.8) is 0 Å². The summed E-state index contributed by atoms with van der Waals surface area (Å²) in [6.45, 7) is 4.12. The van der Waals surface area contributed by atoms with E-state index in [2.05, 4.69) is 24.1 Å². The molecule has 0 radical (unpaired) electrons. The van der Waals surface area contributed by atoms with Gasteiger partial charge in [-0.25, -0.2) is 9.37 Å². The molecular formula is C19H19FN2O2S. The minimum atomic E-state index is -0.328. The van der Waals surface area contributed by atoms with E-state index in [4.69, 9.17) is 4.42 Å². The molecule has 0 unspecified atom stereocenters. The molecule has 0 atom stereocenters. The Bertz CT molecular complexity index is 870. The summed E-state index contributed by atoms with van der Waals surface area (Å²) in [5.41, 5.74) is 1.39. The Hall–Kier alpha value is -2.47. The van der Waals surface area contributed by atoms with E-state index >= 15 is 0 Å². The van der Waals surface area contributed by atoms with Gasteiger partial charge in [0.2, 0.25) is 5.91 Å². The second-order valence-corrected chi connectivity index (χ2v) is 6.88. The molecular weight excluding hydrogens is 339 g/mol. The van der Waals surface area contributed by atoms with Crippen LogP contribution in [-0.2, 0) is 11.2 Å². The fourth-order valence-electron chi connectivity index (χ4n) is 2.35. The minimum Gasteiger partial charge on any atom is -0.461 e. The smallest absolute Gasteiger partial charge is 0.226 e. The van der Waals surface area contributed by atoms with Crippen LogP contribution in [0.2, 0.25) is 0 Å². The van der Waals surface area contributed by atoms with Crippen molar-refractivity contribution in [3.05, 3.63) is 59.0 Å². The van der Waals surface area contributed by atoms with Crippen LogP contribution < -0.4 is 5.32 Å². The standard InChI is InChI=1S/C19H19FN2O2S/c1-12(2)16-11-25-19(21-16)22-18(23)10-8-13-7-9-17(24-13)14-5-3-4-6-15(14)20/h3-7,9,11-12H,8,10H2,1-2H3,(H,21,22,23). The van der Waals surface area contributed by atoms with Gasteiger partial charge in [-0.3, -0.25) is 4.79 Å². The van der Waals surface area contributed by atoms with E-state index in [1.807, 2.05) is 5.38 Å². The number of rotatable bonds is 6. The number of furan rings is 1. The van der Waals surface area contributed by atoms with E-state index in [0.29, 0.717) is 34.6 Å². The Kier molecular flexibility index (Phi) is 5.28. The second-order valence-electron chi connectivity index (χ2n) is 6.03. The van der Waals surface area contributed by atoms with Crippen molar-refractivity contribution < 1.29 is 13.6 Å². The number of anilines is 1. The molecule has 1 aromatic carbocycles. The maximum Gasteiger partial charge on any atom is 0.226 e. The highest BCUT2D eigenvalue weighted by Gasteiger charge is 2.12. The summed E-state index contributed by atoms with van der Waals surface area (Å²) < 4.78 is 19.4. The molecule has 3 aromatic rings. The van der Waals surface area contributed by atoms with Gasteiger partial charge in [-0.1, -0.05) is 26.0 Å². The second kappa shape index (κ2) is 7.61. The summed E-state index contributed by atoms with van der Waals surface area (Å²) in [5.74, 6) is 1.01. The SMILES string of the molecule is CC(C)c1csc(NC(=O)CCc2ccc(-c3ccccc3F)o2)n1. The molecule has 25 heavy (non-hydrogen) atoms. The van der Waals surface area contributed by atoms with Gasteiger partial charge < -0.3 is 9.73 Å². The summed E-state index contributed by atoms with van der Waals surface area (Å²) in [7, 11) is 0. The molecule has 0 saturated heterocycles. The van der Waals surface area contributed by atoms with Gasteiger partial charge in [0.05, 0.1) is 11.3 Å². The predicted octanol–water partition coefficient (Wildman–Crippen LogP) is 5.24. The number of hydrogen-bond acceptors (Lipinski definition) is 4.